The highest BCUT2D eigenvalue weighted by molar-refractivity contribution is 7.58. The van der Waals surface area contributed by atoms with Crippen LogP contribution in [-0.4, -0.2) is 11.8 Å². The highest BCUT2D eigenvalue weighted by Crippen LogP contribution is 2.38. The van der Waals surface area contributed by atoms with Crippen molar-refractivity contribution in [2.24, 2.45) is 0 Å². The van der Waals surface area contributed by atoms with Crippen LogP contribution >= 0.6 is 0 Å². The monoisotopic (exact) mass is 323 g/mol. The second-order valence-electron chi connectivity index (χ2n) is 4.41. The minimum Gasteiger partial charge on any atom is -0.759 e. The predicted octanol–water partition coefficient (Wildman–Crippen LogP) is 3.27. The number of halogens is 3. The van der Waals surface area contributed by atoms with Crippen molar-refractivity contribution in [2.45, 2.75) is 11.2 Å². The summed E-state index contributed by atoms with van der Waals surface area (Å²) in [5.41, 5.74) is -1.32. The van der Waals surface area contributed by atoms with E-state index in [0.29, 0.717) is 17.1 Å². The van der Waals surface area contributed by atoms with E-state index in [1.54, 1.807) is 12.1 Å². The zero-order valence-corrected chi connectivity index (χ0v) is 11.6. The maximum atomic E-state index is 13.1. The van der Waals surface area contributed by atoms with Crippen LogP contribution in [0.1, 0.15) is 11.1 Å². The van der Waals surface area contributed by atoms with Gasteiger partial charge in [0, 0.05) is 5.56 Å². The third-order valence-corrected chi connectivity index (χ3v) is 3.37. The minimum atomic E-state index is -4.69. The summed E-state index contributed by atoms with van der Waals surface area (Å²) in [4.78, 5) is 3.91. The topological polar surface area (TPSA) is 55.1 Å². The SMILES string of the molecule is N#Cc1c(C(F)(F)F)cc(-c2ccc3c(c2)OCO3)nc1[S-]. The summed E-state index contributed by atoms with van der Waals surface area (Å²) in [6.07, 6.45) is -4.69. The first kappa shape index (κ1) is 14.4. The van der Waals surface area contributed by atoms with E-state index in [4.69, 9.17) is 27.4 Å². The quantitative estimate of drug-likeness (QED) is 0.754. The van der Waals surface area contributed by atoms with Crippen LogP contribution in [0.5, 0.6) is 11.5 Å². The molecule has 1 aromatic heterocycles. The molecule has 1 aromatic carbocycles. The van der Waals surface area contributed by atoms with E-state index >= 15 is 0 Å². The van der Waals surface area contributed by atoms with Gasteiger partial charge in [0.25, 0.3) is 0 Å². The lowest BCUT2D eigenvalue weighted by atomic mass is 10.0. The van der Waals surface area contributed by atoms with E-state index in [9.17, 15) is 13.2 Å². The maximum absolute atomic E-state index is 13.1. The van der Waals surface area contributed by atoms with Crippen LogP contribution in [0.25, 0.3) is 11.3 Å². The van der Waals surface area contributed by atoms with Crippen molar-refractivity contribution < 1.29 is 22.6 Å². The first-order valence-corrected chi connectivity index (χ1v) is 6.40. The molecule has 112 valence electrons. The van der Waals surface area contributed by atoms with Crippen molar-refractivity contribution in [2.75, 3.05) is 6.79 Å². The molecule has 0 radical (unpaired) electrons. The number of nitriles is 1. The molecule has 1 aliphatic heterocycles. The largest absolute Gasteiger partial charge is 0.759 e. The summed E-state index contributed by atoms with van der Waals surface area (Å²) in [5.74, 6) is 0.926. The molecule has 0 saturated carbocycles. The van der Waals surface area contributed by atoms with E-state index in [2.05, 4.69) is 4.98 Å². The molecule has 0 unspecified atom stereocenters. The van der Waals surface area contributed by atoms with Gasteiger partial charge < -0.3 is 22.1 Å². The molecule has 0 fully saturated rings. The van der Waals surface area contributed by atoms with Gasteiger partial charge in [-0.3, -0.25) is 4.98 Å². The fourth-order valence-corrected chi connectivity index (χ4v) is 2.31. The Labute approximate surface area is 128 Å². The van der Waals surface area contributed by atoms with E-state index < -0.39 is 17.3 Å². The standard InChI is InChI=1S/C14H7F3N2O2S/c15-14(16,17)9-4-10(19-13(22)8(9)5-18)7-1-2-11-12(3-7)21-6-20-11/h1-4H,6H2,(H,19,22)/p-1. The summed E-state index contributed by atoms with van der Waals surface area (Å²) in [6, 6.07) is 6.92. The average molecular weight is 323 g/mol. The number of rotatable bonds is 1. The lowest BCUT2D eigenvalue weighted by molar-refractivity contribution is -0.138. The van der Waals surface area contributed by atoms with Crippen LogP contribution < -0.4 is 9.47 Å². The van der Waals surface area contributed by atoms with Crippen LogP contribution in [0.2, 0.25) is 0 Å². The average Bonchev–Trinajstić information content (AvgIpc) is 2.92. The Morgan fingerprint density at radius 2 is 1.91 bits per heavy atom. The molecule has 0 saturated heterocycles. The Balaban J connectivity index is 2.16. The van der Waals surface area contributed by atoms with Crippen molar-refractivity contribution in [1.29, 1.82) is 5.26 Å². The van der Waals surface area contributed by atoms with Crippen molar-refractivity contribution >= 4 is 12.6 Å². The summed E-state index contributed by atoms with van der Waals surface area (Å²) in [6.45, 7) is 0.0552. The van der Waals surface area contributed by atoms with Crippen molar-refractivity contribution in [1.82, 2.24) is 4.98 Å². The summed E-state index contributed by atoms with van der Waals surface area (Å²) in [7, 11) is 0. The highest BCUT2D eigenvalue weighted by Gasteiger charge is 2.34. The van der Waals surface area contributed by atoms with Gasteiger partial charge in [-0.2, -0.15) is 18.4 Å². The molecule has 0 spiro atoms. The number of fused-ring (bicyclic) bond motifs is 1. The van der Waals surface area contributed by atoms with E-state index in [0.717, 1.165) is 6.07 Å². The number of benzene rings is 1. The molecular weight excluding hydrogens is 317 g/mol. The Kier molecular flexibility index (Phi) is 3.30. The molecule has 1 aliphatic rings. The molecule has 0 N–H and O–H groups in total. The second-order valence-corrected chi connectivity index (χ2v) is 4.80. The summed E-state index contributed by atoms with van der Waals surface area (Å²) >= 11 is 4.80. The van der Waals surface area contributed by atoms with E-state index in [-0.39, 0.29) is 17.5 Å². The van der Waals surface area contributed by atoms with Gasteiger partial charge in [-0.05, 0) is 24.3 Å². The van der Waals surface area contributed by atoms with Gasteiger partial charge in [0.2, 0.25) is 6.79 Å². The third-order valence-electron chi connectivity index (χ3n) is 3.07. The van der Waals surface area contributed by atoms with Gasteiger partial charge in [-0.25, -0.2) is 0 Å². The molecule has 3 rings (SSSR count). The summed E-state index contributed by atoms with van der Waals surface area (Å²) in [5, 5.41) is 8.47. The number of aromatic nitrogens is 1. The Morgan fingerprint density at radius 1 is 1.18 bits per heavy atom. The highest BCUT2D eigenvalue weighted by atomic mass is 32.1. The molecule has 0 aliphatic carbocycles. The van der Waals surface area contributed by atoms with Gasteiger partial charge in [0.15, 0.2) is 11.5 Å². The second kappa shape index (κ2) is 5.03. The summed E-state index contributed by atoms with van der Waals surface area (Å²) < 4.78 is 49.5. The third kappa shape index (κ3) is 2.40. The van der Waals surface area contributed by atoms with Gasteiger partial charge in [-0.1, -0.05) is 5.03 Å². The molecule has 0 atom stereocenters. The fraction of sp³-hybridized carbons (Fsp3) is 0.143. The molecule has 0 bridgehead atoms. The van der Waals surface area contributed by atoms with Crippen LogP contribution in [-0.2, 0) is 18.8 Å². The van der Waals surface area contributed by atoms with Gasteiger partial charge in [-0.15, -0.1) is 0 Å². The maximum Gasteiger partial charge on any atom is 0.417 e. The van der Waals surface area contributed by atoms with E-state index in [1.807, 2.05) is 0 Å². The molecular formula is C14H6F3N2O2S-. The Bertz CT molecular complexity index is 800. The molecule has 8 heteroatoms. The predicted molar refractivity (Wildman–Crippen MR) is 71.1 cm³/mol. The zero-order valence-electron chi connectivity index (χ0n) is 10.8. The van der Waals surface area contributed by atoms with Gasteiger partial charge in [0.05, 0.1) is 22.9 Å². The number of pyridine rings is 1. The molecule has 4 nitrogen and oxygen atoms in total. The lowest BCUT2D eigenvalue weighted by Gasteiger charge is -2.17. The first-order chi connectivity index (χ1) is 10.4. The zero-order chi connectivity index (χ0) is 15.9. The number of alkyl halides is 3. The van der Waals surface area contributed by atoms with Crippen LogP contribution in [0.15, 0.2) is 29.3 Å². The van der Waals surface area contributed by atoms with Crippen molar-refractivity contribution in [3.63, 3.8) is 0 Å². The van der Waals surface area contributed by atoms with Gasteiger partial charge in [0.1, 0.15) is 0 Å². The Morgan fingerprint density at radius 3 is 2.59 bits per heavy atom. The van der Waals surface area contributed by atoms with Crippen LogP contribution in [0.3, 0.4) is 0 Å². The van der Waals surface area contributed by atoms with Crippen molar-refractivity contribution in [3.8, 4) is 28.8 Å². The molecule has 0 amide bonds. The van der Waals surface area contributed by atoms with Crippen LogP contribution in [0, 0.1) is 11.3 Å². The number of hydrogen-bond donors (Lipinski definition) is 0. The number of nitrogens with zero attached hydrogens (tertiary/aromatic N) is 2. The Hall–Kier alpha value is -2.53. The van der Waals surface area contributed by atoms with Crippen molar-refractivity contribution in [3.05, 3.63) is 35.4 Å². The van der Waals surface area contributed by atoms with Crippen LogP contribution in [0.4, 0.5) is 13.2 Å². The fourth-order valence-electron chi connectivity index (χ4n) is 2.06. The van der Waals surface area contributed by atoms with Gasteiger partial charge >= 0.3 is 6.18 Å². The number of hydrogen-bond acceptors (Lipinski definition) is 5. The molecule has 2 aromatic rings. The van der Waals surface area contributed by atoms with E-state index in [1.165, 1.54) is 12.1 Å². The normalized spacial score (nSPS) is 13.0. The molecule has 22 heavy (non-hydrogen) atoms. The minimum absolute atomic E-state index is 0.0228. The number of ether oxygens (including phenoxy) is 2. The lowest BCUT2D eigenvalue weighted by Crippen LogP contribution is -2.10. The first-order valence-electron chi connectivity index (χ1n) is 5.99. The smallest absolute Gasteiger partial charge is 0.417 e. The molecule has 2 heterocycles.